The zero-order chi connectivity index (χ0) is 13.4. The van der Waals surface area contributed by atoms with Gasteiger partial charge in [0.1, 0.15) is 0 Å². The molecule has 3 N–H and O–H groups in total. The summed E-state index contributed by atoms with van der Waals surface area (Å²) in [5.74, 6) is 0.103. The van der Waals surface area contributed by atoms with Crippen LogP contribution in [0.15, 0.2) is 24.3 Å². The van der Waals surface area contributed by atoms with Gasteiger partial charge in [-0.3, -0.25) is 4.79 Å². The normalized spacial score (nSPS) is 12.1. The summed E-state index contributed by atoms with van der Waals surface area (Å²) in [6.45, 7) is 2.92. The lowest BCUT2D eigenvalue weighted by atomic mass is 10.1. The molecule has 0 aliphatic carbocycles. The van der Waals surface area contributed by atoms with E-state index in [0.29, 0.717) is 18.1 Å². The van der Waals surface area contributed by atoms with Gasteiger partial charge in [0.05, 0.1) is 0 Å². The van der Waals surface area contributed by atoms with Gasteiger partial charge in [-0.15, -0.1) is 0 Å². The van der Waals surface area contributed by atoms with Crippen molar-refractivity contribution in [1.82, 2.24) is 5.32 Å². The Morgan fingerprint density at radius 2 is 2.17 bits per heavy atom. The SMILES string of the molecule is CSC(C)CCNC(=O)CCc1ccccc1N. The first kappa shape index (κ1) is 14.9. The van der Waals surface area contributed by atoms with E-state index in [9.17, 15) is 4.79 Å². The Bertz CT molecular complexity index is 382. The second-order valence-corrected chi connectivity index (χ2v) is 5.66. The molecule has 1 rings (SSSR count). The Morgan fingerprint density at radius 1 is 1.44 bits per heavy atom. The molecule has 1 aromatic carbocycles. The van der Waals surface area contributed by atoms with Crippen LogP contribution in [0.4, 0.5) is 5.69 Å². The van der Waals surface area contributed by atoms with Crippen LogP contribution >= 0.6 is 11.8 Å². The number of nitrogens with two attached hydrogens (primary N) is 1. The molecule has 0 saturated carbocycles. The highest BCUT2D eigenvalue weighted by atomic mass is 32.2. The van der Waals surface area contributed by atoms with Crippen LogP contribution in [-0.4, -0.2) is 24.0 Å². The van der Waals surface area contributed by atoms with E-state index in [1.807, 2.05) is 36.0 Å². The molecule has 1 amide bonds. The molecule has 1 unspecified atom stereocenters. The maximum Gasteiger partial charge on any atom is 0.220 e. The summed E-state index contributed by atoms with van der Waals surface area (Å²) in [7, 11) is 0. The molecule has 0 aromatic heterocycles. The van der Waals surface area contributed by atoms with Gasteiger partial charge < -0.3 is 11.1 Å². The van der Waals surface area contributed by atoms with Crippen LogP contribution in [0.3, 0.4) is 0 Å². The maximum atomic E-state index is 11.6. The first-order chi connectivity index (χ1) is 8.63. The number of thioether (sulfide) groups is 1. The van der Waals surface area contributed by atoms with Crippen molar-refractivity contribution >= 4 is 23.4 Å². The summed E-state index contributed by atoms with van der Waals surface area (Å²) in [6.07, 6.45) is 4.31. The molecule has 3 nitrogen and oxygen atoms in total. The Morgan fingerprint density at radius 3 is 2.83 bits per heavy atom. The number of carbonyl (C=O) groups excluding carboxylic acids is 1. The third-order valence-corrected chi connectivity index (χ3v) is 3.99. The van der Waals surface area contributed by atoms with Crippen LogP contribution in [0.5, 0.6) is 0 Å². The van der Waals surface area contributed by atoms with Gasteiger partial charge in [-0.25, -0.2) is 0 Å². The number of carbonyl (C=O) groups is 1. The van der Waals surface area contributed by atoms with Gasteiger partial charge in [0.25, 0.3) is 0 Å². The second kappa shape index (κ2) is 8.03. The van der Waals surface area contributed by atoms with Gasteiger partial charge in [0, 0.05) is 23.9 Å². The van der Waals surface area contributed by atoms with E-state index in [4.69, 9.17) is 5.73 Å². The monoisotopic (exact) mass is 266 g/mol. The fourth-order valence-electron chi connectivity index (χ4n) is 1.63. The molecule has 18 heavy (non-hydrogen) atoms. The predicted molar refractivity (Wildman–Crippen MR) is 79.8 cm³/mol. The quantitative estimate of drug-likeness (QED) is 0.745. The zero-order valence-electron chi connectivity index (χ0n) is 11.1. The number of hydrogen-bond donors (Lipinski definition) is 2. The molecule has 1 aromatic rings. The molecule has 0 spiro atoms. The van der Waals surface area contributed by atoms with Crippen LogP contribution in [0.2, 0.25) is 0 Å². The predicted octanol–water partition coefficient (Wildman–Crippen LogP) is 2.46. The topological polar surface area (TPSA) is 55.1 Å². The van der Waals surface area contributed by atoms with Crippen LogP contribution in [0, 0.1) is 0 Å². The summed E-state index contributed by atoms with van der Waals surface area (Å²) in [6, 6.07) is 7.69. The number of aryl methyl sites for hydroxylation is 1. The fourth-order valence-corrected chi connectivity index (χ4v) is 1.98. The molecule has 0 aliphatic heterocycles. The molecule has 4 heteroatoms. The Labute approximate surface area is 114 Å². The molecular formula is C14H22N2OS. The van der Waals surface area contributed by atoms with Crippen molar-refractivity contribution in [2.75, 3.05) is 18.5 Å². The van der Waals surface area contributed by atoms with Crippen molar-refractivity contribution in [3.63, 3.8) is 0 Å². The Hall–Kier alpha value is -1.16. The number of rotatable bonds is 7. The second-order valence-electron chi connectivity index (χ2n) is 4.38. The van der Waals surface area contributed by atoms with Crippen LogP contribution in [0.1, 0.15) is 25.3 Å². The highest BCUT2D eigenvalue weighted by Gasteiger charge is 2.05. The molecule has 100 valence electrons. The first-order valence-corrected chi connectivity index (χ1v) is 7.55. The zero-order valence-corrected chi connectivity index (χ0v) is 11.9. The first-order valence-electron chi connectivity index (χ1n) is 6.26. The number of nitrogen functional groups attached to an aromatic ring is 1. The molecule has 0 heterocycles. The summed E-state index contributed by atoms with van der Waals surface area (Å²) < 4.78 is 0. The van der Waals surface area contributed by atoms with E-state index in [1.54, 1.807) is 0 Å². The molecule has 0 aliphatic rings. The lowest BCUT2D eigenvalue weighted by molar-refractivity contribution is -0.121. The summed E-state index contributed by atoms with van der Waals surface area (Å²) in [4.78, 5) is 11.6. The minimum Gasteiger partial charge on any atom is -0.399 e. The molecule has 0 fully saturated rings. The van der Waals surface area contributed by atoms with Crippen molar-refractivity contribution in [3.8, 4) is 0 Å². The number of para-hydroxylation sites is 1. The minimum atomic E-state index is 0.103. The molecule has 0 saturated heterocycles. The maximum absolute atomic E-state index is 11.6. The molecule has 1 atom stereocenters. The van der Waals surface area contributed by atoms with E-state index in [2.05, 4.69) is 18.5 Å². The molecule has 0 bridgehead atoms. The fraction of sp³-hybridized carbons (Fsp3) is 0.500. The van der Waals surface area contributed by atoms with Crippen molar-refractivity contribution in [2.24, 2.45) is 0 Å². The Balaban J connectivity index is 2.23. The number of hydrogen-bond acceptors (Lipinski definition) is 3. The Kier molecular flexibility index (Phi) is 6.65. The van der Waals surface area contributed by atoms with Crippen LogP contribution in [-0.2, 0) is 11.2 Å². The number of benzene rings is 1. The van der Waals surface area contributed by atoms with Gasteiger partial charge in [0.15, 0.2) is 0 Å². The van der Waals surface area contributed by atoms with Crippen molar-refractivity contribution in [2.45, 2.75) is 31.4 Å². The van der Waals surface area contributed by atoms with Gasteiger partial charge in [0.2, 0.25) is 5.91 Å². The molecule has 0 radical (unpaired) electrons. The van der Waals surface area contributed by atoms with Crippen LogP contribution in [0.25, 0.3) is 0 Å². The number of nitrogens with one attached hydrogen (secondary N) is 1. The highest BCUT2D eigenvalue weighted by molar-refractivity contribution is 7.99. The average molecular weight is 266 g/mol. The van der Waals surface area contributed by atoms with E-state index in [1.165, 1.54) is 0 Å². The van der Waals surface area contributed by atoms with Crippen molar-refractivity contribution < 1.29 is 4.79 Å². The van der Waals surface area contributed by atoms with E-state index in [0.717, 1.165) is 24.2 Å². The summed E-state index contributed by atoms with van der Waals surface area (Å²) >= 11 is 1.82. The smallest absolute Gasteiger partial charge is 0.220 e. The number of amides is 1. The van der Waals surface area contributed by atoms with Gasteiger partial charge in [-0.05, 0) is 30.7 Å². The highest BCUT2D eigenvalue weighted by Crippen LogP contribution is 2.12. The lowest BCUT2D eigenvalue weighted by Crippen LogP contribution is -2.26. The van der Waals surface area contributed by atoms with Gasteiger partial charge in [-0.1, -0.05) is 25.1 Å². The van der Waals surface area contributed by atoms with E-state index >= 15 is 0 Å². The van der Waals surface area contributed by atoms with E-state index in [-0.39, 0.29) is 5.91 Å². The van der Waals surface area contributed by atoms with Crippen LogP contribution < -0.4 is 11.1 Å². The standard InChI is InChI=1S/C14H22N2OS/c1-11(18-2)9-10-16-14(17)8-7-12-5-3-4-6-13(12)15/h3-6,11H,7-10,15H2,1-2H3,(H,16,17). The third kappa shape index (κ3) is 5.45. The van der Waals surface area contributed by atoms with Crippen molar-refractivity contribution in [1.29, 1.82) is 0 Å². The summed E-state index contributed by atoms with van der Waals surface area (Å²) in [5, 5.41) is 3.54. The number of anilines is 1. The third-order valence-electron chi connectivity index (χ3n) is 2.95. The minimum absolute atomic E-state index is 0.103. The average Bonchev–Trinajstić information content (AvgIpc) is 2.37. The summed E-state index contributed by atoms with van der Waals surface area (Å²) in [5.41, 5.74) is 7.64. The van der Waals surface area contributed by atoms with E-state index < -0.39 is 0 Å². The van der Waals surface area contributed by atoms with Gasteiger partial charge in [-0.2, -0.15) is 11.8 Å². The van der Waals surface area contributed by atoms with Gasteiger partial charge >= 0.3 is 0 Å². The van der Waals surface area contributed by atoms with Crippen molar-refractivity contribution in [3.05, 3.63) is 29.8 Å². The largest absolute Gasteiger partial charge is 0.399 e. The molecular weight excluding hydrogens is 244 g/mol. The lowest BCUT2D eigenvalue weighted by Gasteiger charge is -2.09.